The van der Waals surface area contributed by atoms with Gasteiger partial charge in [-0.3, -0.25) is 4.79 Å². The van der Waals surface area contributed by atoms with Crippen molar-refractivity contribution in [1.29, 1.82) is 0 Å². The van der Waals surface area contributed by atoms with Crippen LogP contribution in [0.1, 0.15) is 59.8 Å². The number of carbonyl (C=O) groups excluding carboxylic acids is 1. The smallest absolute Gasteiger partial charge is 0.222 e. The molecular formula is C22H39N3O2. The van der Waals surface area contributed by atoms with Crippen molar-refractivity contribution in [3.63, 3.8) is 0 Å². The Bertz CT molecular complexity index is 586. The van der Waals surface area contributed by atoms with Crippen LogP contribution in [0, 0.1) is 17.8 Å². The number of hydrogen-bond donors (Lipinski definition) is 1. The molecule has 4 aliphatic heterocycles. The number of nitrogens with zero attached hydrogens (tertiary/aromatic N) is 2. The molecule has 5 heteroatoms. The van der Waals surface area contributed by atoms with Gasteiger partial charge in [0.05, 0.1) is 18.2 Å². The fraction of sp³-hybridized carbons (Fsp3) is 0.955. The van der Waals surface area contributed by atoms with Crippen molar-refractivity contribution >= 4 is 5.91 Å². The van der Waals surface area contributed by atoms with Gasteiger partial charge in [0.1, 0.15) is 0 Å². The highest BCUT2D eigenvalue weighted by molar-refractivity contribution is 5.77. The Hall–Kier alpha value is -0.650. The largest absolute Gasteiger partial charge is 0.369 e. The van der Waals surface area contributed by atoms with Gasteiger partial charge in [0, 0.05) is 42.4 Å². The zero-order valence-electron chi connectivity index (χ0n) is 18.2. The Labute approximate surface area is 165 Å². The van der Waals surface area contributed by atoms with Gasteiger partial charge in [-0.2, -0.15) is 0 Å². The second kappa shape index (κ2) is 6.43. The molecule has 4 fully saturated rings. The summed E-state index contributed by atoms with van der Waals surface area (Å²) in [5, 5.41) is 3.73. The van der Waals surface area contributed by atoms with Crippen molar-refractivity contribution in [2.45, 2.75) is 82.6 Å². The molecule has 0 aromatic rings. The van der Waals surface area contributed by atoms with Crippen LogP contribution >= 0.6 is 0 Å². The van der Waals surface area contributed by atoms with Gasteiger partial charge in [-0.05, 0) is 73.4 Å². The summed E-state index contributed by atoms with van der Waals surface area (Å²) >= 11 is 0. The van der Waals surface area contributed by atoms with Crippen LogP contribution in [0.25, 0.3) is 0 Å². The van der Waals surface area contributed by atoms with E-state index in [0.717, 1.165) is 38.9 Å². The maximum absolute atomic E-state index is 13.2. The molecule has 0 aromatic carbocycles. The average molecular weight is 378 g/mol. The minimum absolute atomic E-state index is 0.0341. The first kappa shape index (κ1) is 19.7. The van der Waals surface area contributed by atoms with E-state index < -0.39 is 0 Å². The summed E-state index contributed by atoms with van der Waals surface area (Å²) in [5.74, 6) is 1.94. The van der Waals surface area contributed by atoms with Crippen LogP contribution in [-0.2, 0) is 9.53 Å². The van der Waals surface area contributed by atoms with Gasteiger partial charge in [0.15, 0.2) is 0 Å². The molecule has 4 aliphatic rings. The number of rotatable bonds is 4. The van der Waals surface area contributed by atoms with E-state index in [1.165, 1.54) is 6.42 Å². The van der Waals surface area contributed by atoms with E-state index in [-0.39, 0.29) is 16.7 Å². The molecular weight excluding hydrogens is 338 g/mol. The maximum Gasteiger partial charge on any atom is 0.222 e. The van der Waals surface area contributed by atoms with Crippen molar-refractivity contribution in [3.8, 4) is 0 Å². The third-order valence-electron chi connectivity index (χ3n) is 7.45. The lowest BCUT2D eigenvalue weighted by Crippen LogP contribution is -2.58. The molecule has 4 rings (SSSR count). The molecule has 1 N–H and O–H groups in total. The molecule has 0 radical (unpaired) electrons. The molecule has 0 unspecified atom stereocenters. The van der Waals surface area contributed by atoms with Crippen LogP contribution in [0.5, 0.6) is 0 Å². The van der Waals surface area contributed by atoms with E-state index in [0.29, 0.717) is 36.2 Å². The molecule has 27 heavy (non-hydrogen) atoms. The summed E-state index contributed by atoms with van der Waals surface area (Å²) < 4.78 is 6.50. The maximum atomic E-state index is 13.2. The fourth-order valence-corrected chi connectivity index (χ4v) is 7.10. The normalized spacial score (nSPS) is 40.0. The summed E-state index contributed by atoms with van der Waals surface area (Å²) in [6.45, 7) is 11.9. The molecule has 5 nitrogen and oxygen atoms in total. The van der Waals surface area contributed by atoms with E-state index in [1.54, 1.807) is 0 Å². The third-order valence-corrected chi connectivity index (χ3v) is 7.45. The lowest BCUT2D eigenvalue weighted by molar-refractivity contribution is -0.133. The summed E-state index contributed by atoms with van der Waals surface area (Å²) in [7, 11) is 4.30. The first-order chi connectivity index (χ1) is 12.5. The highest BCUT2D eigenvalue weighted by Crippen LogP contribution is 2.55. The van der Waals surface area contributed by atoms with Gasteiger partial charge in [0.2, 0.25) is 5.91 Å². The van der Waals surface area contributed by atoms with Crippen molar-refractivity contribution in [1.82, 2.24) is 15.1 Å². The number of ether oxygens (including phenoxy) is 1. The Morgan fingerprint density at radius 1 is 1.19 bits per heavy atom. The number of fused-ring (bicyclic) bond motifs is 1. The number of carbonyl (C=O) groups is 1. The predicted molar refractivity (Wildman–Crippen MR) is 108 cm³/mol. The highest BCUT2D eigenvalue weighted by Gasteiger charge is 2.63. The lowest BCUT2D eigenvalue weighted by atomic mass is 9.73. The average Bonchev–Trinajstić information content (AvgIpc) is 3.13. The van der Waals surface area contributed by atoms with Crippen LogP contribution in [0.4, 0.5) is 0 Å². The molecule has 0 aromatic heterocycles. The molecule has 2 bridgehead atoms. The van der Waals surface area contributed by atoms with Crippen LogP contribution < -0.4 is 5.32 Å². The number of hydrogen-bond acceptors (Lipinski definition) is 4. The SMILES string of the molecule is CN(C)C[C@H]1[C@H]2CN(C(=O)CC3CC(C)(C)NC(C)(C)C3)C[C@]23CC[C@H]1O3. The zero-order valence-corrected chi connectivity index (χ0v) is 18.2. The van der Waals surface area contributed by atoms with Crippen LogP contribution in [0.2, 0.25) is 0 Å². The highest BCUT2D eigenvalue weighted by atomic mass is 16.5. The van der Waals surface area contributed by atoms with Gasteiger partial charge in [-0.1, -0.05) is 0 Å². The van der Waals surface area contributed by atoms with Gasteiger partial charge < -0.3 is 19.9 Å². The number of amides is 1. The lowest BCUT2D eigenvalue weighted by Gasteiger charge is -2.46. The van der Waals surface area contributed by atoms with E-state index in [1.807, 2.05) is 0 Å². The minimum Gasteiger partial charge on any atom is -0.369 e. The molecule has 1 spiro atoms. The Morgan fingerprint density at radius 2 is 1.85 bits per heavy atom. The van der Waals surface area contributed by atoms with Crippen molar-refractivity contribution in [2.75, 3.05) is 33.7 Å². The summed E-state index contributed by atoms with van der Waals surface area (Å²) in [4.78, 5) is 17.6. The fourth-order valence-electron chi connectivity index (χ4n) is 7.10. The first-order valence-electron chi connectivity index (χ1n) is 10.9. The van der Waals surface area contributed by atoms with Crippen molar-refractivity contribution in [2.24, 2.45) is 17.8 Å². The number of likely N-dealkylation sites (tertiary alicyclic amines) is 1. The molecule has 4 atom stereocenters. The van der Waals surface area contributed by atoms with E-state index >= 15 is 0 Å². The monoisotopic (exact) mass is 377 g/mol. The van der Waals surface area contributed by atoms with Gasteiger partial charge in [0.25, 0.3) is 0 Å². The second-order valence-corrected chi connectivity index (χ2v) is 11.4. The van der Waals surface area contributed by atoms with Crippen LogP contribution in [0.15, 0.2) is 0 Å². The van der Waals surface area contributed by atoms with Crippen LogP contribution in [-0.4, -0.2) is 72.2 Å². The number of piperidine rings is 1. The number of nitrogens with one attached hydrogen (secondary N) is 1. The Morgan fingerprint density at radius 3 is 2.48 bits per heavy atom. The van der Waals surface area contributed by atoms with E-state index in [4.69, 9.17) is 4.74 Å². The summed E-state index contributed by atoms with van der Waals surface area (Å²) in [6.07, 6.45) is 5.58. The van der Waals surface area contributed by atoms with Gasteiger partial charge in [-0.15, -0.1) is 0 Å². The Kier molecular flexibility index (Phi) is 4.68. The predicted octanol–water partition coefficient (Wildman–Crippen LogP) is 2.50. The van der Waals surface area contributed by atoms with Crippen LogP contribution in [0.3, 0.4) is 0 Å². The molecule has 0 aliphatic carbocycles. The molecule has 4 saturated heterocycles. The topological polar surface area (TPSA) is 44.8 Å². The second-order valence-electron chi connectivity index (χ2n) is 11.4. The molecule has 154 valence electrons. The van der Waals surface area contributed by atoms with E-state index in [2.05, 4.69) is 56.9 Å². The first-order valence-corrected chi connectivity index (χ1v) is 10.9. The quantitative estimate of drug-likeness (QED) is 0.818. The Balaban J connectivity index is 1.41. The summed E-state index contributed by atoms with van der Waals surface area (Å²) in [5.41, 5.74) is 0.171. The molecule has 0 saturated carbocycles. The van der Waals surface area contributed by atoms with Crippen molar-refractivity contribution in [3.05, 3.63) is 0 Å². The standard InChI is InChI=1S/C22H39N3O2/c1-20(2)10-15(11-21(3,4)23-20)9-19(26)25-13-17-16(12-24(5)6)18-7-8-22(17,14-25)27-18/h15-18,23H,7-14H2,1-6H3/t16-,17+,18+,22+/m0/s1. The van der Waals surface area contributed by atoms with E-state index in [9.17, 15) is 4.79 Å². The summed E-state index contributed by atoms with van der Waals surface area (Å²) in [6, 6.07) is 0. The molecule has 4 heterocycles. The molecule has 1 amide bonds. The minimum atomic E-state index is -0.0341. The zero-order chi connectivity index (χ0) is 19.6. The van der Waals surface area contributed by atoms with Gasteiger partial charge >= 0.3 is 0 Å². The van der Waals surface area contributed by atoms with Gasteiger partial charge in [-0.25, -0.2) is 0 Å². The third kappa shape index (κ3) is 3.67. The van der Waals surface area contributed by atoms with Crippen molar-refractivity contribution < 1.29 is 9.53 Å².